The monoisotopic (exact) mass is 341 g/mol. The average Bonchev–Trinajstić information content (AvgIpc) is 3.21. The number of ether oxygens (including phenoxy) is 1. The summed E-state index contributed by atoms with van der Waals surface area (Å²) in [5.74, 6) is -0.0186. The number of halogens is 1. The van der Waals surface area contributed by atoms with Crippen LogP contribution in [-0.4, -0.2) is 66.3 Å². The number of hydrogen-bond donors (Lipinski definition) is 0. The van der Waals surface area contributed by atoms with Crippen molar-refractivity contribution in [1.29, 1.82) is 0 Å². The fourth-order valence-corrected chi connectivity index (χ4v) is 4.08. The van der Waals surface area contributed by atoms with Crippen LogP contribution in [0.4, 0.5) is 4.39 Å². The maximum absolute atomic E-state index is 13.8. The first kappa shape index (κ1) is 16.8. The zero-order valence-electron chi connectivity index (χ0n) is 13.5. The third-order valence-electron chi connectivity index (χ3n) is 4.72. The third-order valence-corrected chi connectivity index (χ3v) is 5.49. The first-order chi connectivity index (χ1) is 11.1. The molecular formula is C16H24FN3O2S. The van der Waals surface area contributed by atoms with E-state index in [2.05, 4.69) is 14.8 Å². The van der Waals surface area contributed by atoms with Gasteiger partial charge in [-0.25, -0.2) is 9.37 Å². The van der Waals surface area contributed by atoms with Crippen molar-refractivity contribution in [3.05, 3.63) is 16.6 Å². The van der Waals surface area contributed by atoms with Gasteiger partial charge in [0, 0.05) is 30.7 Å². The number of alkyl halides is 1. The van der Waals surface area contributed by atoms with Gasteiger partial charge in [-0.15, -0.1) is 11.3 Å². The fraction of sp³-hybridized carbons (Fsp3) is 0.750. The van der Waals surface area contributed by atoms with E-state index in [1.54, 1.807) is 17.5 Å². The van der Waals surface area contributed by atoms with Gasteiger partial charge in [0.05, 0.1) is 19.1 Å². The lowest BCUT2D eigenvalue weighted by Gasteiger charge is -2.28. The highest BCUT2D eigenvalue weighted by Crippen LogP contribution is 2.24. The molecule has 0 saturated carbocycles. The van der Waals surface area contributed by atoms with E-state index >= 15 is 0 Å². The molecule has 0 amide bonds. The summed E-state index contributed by atoms with van der Waals surface area (Å²) >= 11 is 1.62. The fourth-order valence-electron chi connectivity index (χ4n) is 3.44. The van der Waals surface area contributed by atoms with E-state index in [0.29, 0.717) is 19.6 Å². The normalized spacial score (nSPS) is 28.7. The number of hydrogen-bond acceptors (Lipinski definition) is 6. The molecule has 2 aliphatic heterocycles. The molecule has 2 aliphatic rings. The van der Waals surface area contributed by atoms with Crippen LogP contribution < -0.4 is 0 Å². The van der Waals surface area contributed by atoms with Crippen molar-refractivity contribution >= 4 is 17.3 Å². The molecule has 1 aromatic rings. The Labute approximate surface area is 140 Å². The Morgan fingerprint density at radius 2 is 2.43 bits per heavy atom. The number of carbonyl (C=O) groups is 1. The van der Waals surface area contributed by atoms with Crippen molar-refractivity contribution in [1.82, 2.24) is 14.8 Å². The first-order valence-corrected chi connectivity index (χ1v) is 9.11. The van der Waals surface area contributed by atoms with Crippen molar-refractivity contribution in [3.8, 4) is 0 Å². The average molecular weight is 341 g/mol. The van der Waals surface area contributed by atoms with Gasteiger partial charge in [-0.05, 0) is 32.9 Å². The van der Waals surface area contributed by atoms with Gasteiger partial charge in [0.15, 0.2) is 0 Å². The lowest BCUT2D eigenvalue weighted by atomic mass is 10.0. The summed E-state index contributed by atoms with van der Waals surface area (Å²) in [5.41, 5.74) is 0. The zero-order valence-corrected chi connectivity index (χ0v) is 14.3. The maximum atomic E-state index is 13.8. The van der Waals surface area contributed by atoms with Gasteiger partial charge in [0.2, 0.25) is 0 Å². The predicted molar refractivity (Wildman–Crippen MR) is 87.0 cm³/mol. The van der Waals surface area contributed by atoms with E-state index < -0.39 is 6.17 Å². The second kappa shape index (κ2) is 7.68. The molecule has 5 nitrogen and oxygen atoms in total. The highest BCUT2D eigenvalue weighted by Gasteiger charge is 2.33. The van der Waals surface area contributed by atoms with E-state index in [1.165, 1.54) is 0 Å². The molecule has 2 fully saturated rings. The number of cyclic esters (lactones) is 1. The summed E-state index contributed by atoms with van der Waals surface area (Å²) in [6.45, 7) is 3.45. The summed E-state index contributed by atoms with van der Waals surface area (Å²) < 4.78 is 18.8. The minimum Gasteiger partial charge on any atom is -0.465 e. The minimum atomic E-state index is -0.752. The lowest BCUT2D eigenvalue weighted by Crippen LogP contribution is -2.39. The third kappa shape index (κ3) is 4.49. The molecule has 3 rings (SSSR count). The van der Waals surface area contributed by atoms with Crippen LogP contribution in [0.2, 0.25) is 0 Å². The molecule has 3 atom stereocenters. The highest BCUT2D eigenvalue weighted by molar-refractivity contribution is 7.09. The molecule has 2 saturated heterocycles. The number of aromatic nitrogens is 1. The molecule has 1 aromatic heterocycles. The van der Waals surface area contributed by atoms with Gasteiger partial charge < -0.3 is 9.64 Å². The Kier molecular flexibility index (Phi) is 5.61. The maximum Gasteiger partial charge on any atom is 0.309 e. The molecular weight excluding hydrogens is 317 g/mol. The zero-order chi connectivity index (χ0) is 16.2. The topological polar surface area (TPSA) is 45.7 Å². The first-order valence-electron chi connectivity index (χ1n) is 8.23. The van der Waals surface area contributed by atoms with E-state index in [9.17, 15) is 9.18 Å². The smallest absolute Gasteiger partial charge is 0.309 e. The highest BCUT2D eigenvalue weighted by atomic mass is 32.1. The van der Waals surface area contributed by atoms with Crippen molar-refractivity contribution in [2.75, 3.05) is 33.3 Å². The van der Waals surface area contributed by atoms with E-state index in [1.807, 2.05) is 12.4 Å². The van der Waals surface area contributed by atoms with Crippen LogP contribution >= 0.6 is 11.3 Å². The van der Waals surface area contributed by atoms with Gasteiger partial charge >= 0.3 is 5.97 Å². The number of esters is 1. The van der Waals surface area contributed by atoms with Gasteiger partial charge in [-0.3, -0.25) is 9.69 Å². The number of nitrogens with zero attached hydrogens (tertiary/aromatic N) is 3. The summed E-state index contributed by atoms with van der Waals surface area (Å²) in [6.07, 6.45) is 3.29. The Bertz CT molecular complexity index is 513. The predicted octanol–water partition coefficient (Wildman–Crippen LogP) is 1.94. The van der Waals surface area contributed by atoms with Gasteiger partial charge in [0.25, 0.3) is 0 Å². The van der Waals surface area contributed by atoms with E-state index in [0.717, 1.165) is 37.5 Å². The van der Waals surface area contributed by atoms with Crippen LogP contribution in [0, 0.1) is 5.92 Å². The summed E-state index contributed by atoms with van der Waals surface area (Å²) in [5, 5.41) is 3.00. The Hall–Kier alpha value is -1.05. The van der Waals surface area contributed by atoms with Crippen LogP contribution in [0.15, 0.2) is 11.6 Å². The van der Waals surface area contributed by atoms with E-state index in [4.69, 9.17) is 4.74 Å². The SMILES string of the molecule is CN(CC[C@H]1CCOC1=O)C[C@@H]1C[C@H](F)CN1Cc1nccs1. The Balaban J connectivity index is 1.47. The van der Waals surface area contributed by atoms with Gasteiger partial charge in [-0.1, -0.05) is 0 Å². The number of likely N-dealkylation sites (tertiary alicyclic amines) is 1. The Morgan fingerprint density at radius 3 is 3.13 bits per heavy atom. The van der Waals surface area contributed by atoms with Crippen molar-refractivity contribution < 1.29 is 13.9 Å². The number of rotatable bonds is 7. The number of likely N-dealkylation sites (N-methyl/N-ethyl adjacent to an activating group) is 1. The van der Waals surface area contributed by atoms with Crippen LogP contribution in [0.25, 0.3) is 0 Å². The molecule has 7 heteroatoms. The lowest BCUT2D eigenvalue weighted by molar-refractivity contribution is -0.141. The van der Waals surface area contributed by atoms with Crippen LogP contribution in [0.1, 0.15) is 24.3 Å². The summed E-state index contributed by atoms with van der Waals surface area (Å²) in [6, 6.07) is 0.217. The largest absolute Gasteiger partial charge is 0.465 e. The van der Waals surface area contributed by atoms with E-state index in [-0.39, 0.29) is 17.9 Å². The number of carbonyl (C=O) groups excluding carboxylic acids is 1. The molecule has 0 radical (unpaired) electrons. The van der Waals surface area contributed by atoms with Gasteiger partial charge in [-0.2, -0.15) is 0 Å². The molecule has 0 unspecified atom stereocenters. The van der Waals surface area contributed by atoms with Crippen molar-refractivity contribution in [2.45, 2.75) is 38.0 Å². The molecule has 0 aromatic carbocycles. The van der Waals surface area contributed by atoms with Crippen LogP contribution in [0.3, 0.4) is 0 Å². The minimum absolute atomic E-state index is 0.0429. The molecule has 0 bridgehead atoms. The van der Waals surface area contributed by atoms with Gasteiger partial charge in [0.1, 0.15) is 11.2 Å². The standard InChI is InChI=1S/C16H24FN3O2S/c1-19(5-2-12-3-6-22-16(12)21)10-14-8-13(17)9-20(14)11-15-18-4-7-23-15/h4,7,12-14H,2-3,5-6,8-11H2,1H3/t12-,13-,14-/m0/s1. The number of thiazole rings is 1. The second-order valence-electron chi connectivity index (χ2n) is 6.55. The molecule has 0 aliphatic carbocycles. The second-order valence-corrected chi connectivity index (χ2v) is 7.53. The quantitative estimate of drug-likeness (QED) is 0.709. The Morgan fingerprint density at radius 1 is 1.57 bits per heavy atom. The van der Waals surface area contributed by atoms with Crippen molar-refractivity contribution in [2.24, 2.45) is 5.92 Å². The molecule has 23 heavy (non-hydrogen) atoms. The molecule has 0 N–H and O–H groups in total. The van der Waals surface area contributed by atoms with Crippen molar-refractivity contribution in [3.63, 3.8) is 0 Å². The molecule has 128 valence electrons. The van der Waals surface area contributed by atoms with Crippen LogP contribution in [0.5, 0.6) is 0 Å². The summed E-state index contributed by atoms with van der Waals surface area (Å²) in [7, 11) is 2.05. The van der Waals surface area contributed by atoms with Crippen LogP contribution in [-0.2, 0) is 16.1 Å². The molecule has 3 heterocycles. The molecule has 0 spiro atoms. The summed E-state index contributed by atoms with van der Waals surface area (Å²) in [4.78, 5) is 20.2.